The smallest absolute Gasteiger partial charge is 0.343 e. The maximum atomic E-state index is 14.2. The lowest BCUT2D eigenvalue weighted by molar-refractivity contribution is 0.382. The Balaban J connectivity index is 1.53. The van der Waals surface area contributed by atoms with Crippen molar-refractivity contribution in [2.24, 2.45) is 5.92 Å². The quantitative estimate of drug-likeness (QED) is 0.444. The van der Waals surface area contributed by atoms with Gasteiger partial charge in [-0.15, -0.1) is 0 Å². The van der Waals surface area contributed by atoms with Crippen molar-refractivity contribution in [1.29, 1.82) is 0 Å². The van der Waals surface area contributed by atoms with Crippen LogP contribution in [0.1, 0.15) is 66.9 Å². The van der Waals surface area contributed by atoms with Gasteiger partial charge in [-0.05, 0) is 67.9 Å². The van der Waals surface area contributed by atoms with Gasteiger partial charge in [0.2, 0.25) is 0 Å². The van der Waals surface area contributed by atoms with E-state index in [2.05, 4.69) is 4.72 Å². The minimum atomic E-state index is -4.41. The molecular weight excluding hydrogens is 488 g/mol. The molecule has 0 saturated heterocycles. The number of anilines is 1. The van der Waals surface area contributed by atoms with E-state index < -0.39 is 38.1 Å². The van der Waals surface area contributed by atoms with Crippen LogP contribution in [0.5, 0.6) is 5.75 Å². The number of sulfonamides is 1. The molecule has 0 bridgehead atoms. The Morgan fingerprint density at radius 2 is 1.72 bits per heavy atom. The molecular formula is C27H27F2NO5S. The van der Waals surface area contributed by atoms with Gasteiger partial charge >= 0.3 is 5.63 Å². The molecule has 0 radical (unpaired) electrons. The van der Waals surface area contributed by atoms with Crippen LogP contribution in [0, 0.1) is 17.6 Å². The Bertz CT molecular complexity index is 1460. The first-order valence-corrected chi connectivity index (χ1v) is 13.7. The monoisotopic (exact) mass is 515 g/mol. The lowest BCUT2D eigenvalue weighted by atomic mass is 9.85. The standard InChI is InChI=1S/C27H27F2NO5S/c28-20-10-6-12-22(25(20)29)36(33,34)30-18-8-5-7-17(15-18)23(16-13-14-16)24-26(31)19-9-3-1-2-4-11-21(19)35-27(24)32/h5-8,10,12,15-16,23,30-31H,1-4,9,11,13-14H2. The highest BCUT2D eigenvalue weighted by Crippen LogP contribution is 2.49. The zero-order chi connectivity index (χ0) is 25.4. The first kappa shape index (κ1) is 24.5. The van der Waals surface area contributed by atoms with Crippen LogP contribution in [0.2, 0.25) is 0 Å². The maximum Gasteiger partial charge on any atom is 0.343 e. The number of nitrogens with one attached hydrogen (secondary N) is 1. The molecule has 2 aliphatic carbocycles. The zero-order valence-electron chi connectivity index (χ0n) is 19.6. The molecule has 3 aromatic rings. The van der Waals surface area contributed by atoms with Gasteiger partial charge in [-0.1, -0.05) is 31.0 Å². The second-order valence-electron chi connectivity index (χ2n) is 9.57. The average Bonchev–Trinajstić information content (AvgIpc) is 3.64. The normalized spacial score (nSPS) is 17.1. The van der Waals surface area contributed by atoms with Crippen LogP contribution in [0.3, 0.4) is 0 Å². The lowest BCUT2D eigenvalue weighted by Crippen LogP contribution is -2.19. The molecule has 0 aliphatic heterocycles. The summed E-state index contributed by atoms with van der Waals surface area (Å²) in [4.78, 5) is 12.3. The van der Waals surface area contributed by atoms with E-state index >= 15 is 0 Å². The SMILES string of the molecule is O=c1oc2c(c(O)c1C(c1cccc(NS(=O)(=O)c3cccc(F)c3F)c1)C1CC1)CCCCCC2. The summed E-state index contributed by atoms with van der Waals surface area (Å²) < 4.78 is 61.4. The van der Waals surface area contributed by atoms with Gasteiger partial charge in [0.15, 0.2) is 11.6 Å². The predicted octanol–water partition coefficient (Wildman–Crippen LogP) is 5.63. The van der Waals surface area contributed by atoms with Crippen molar-refractivity contribution in [2.45, 2.75) is 62.2 Å². The Kier molecular flexibility index (Phi) is 6.59. The molecule has 36 heavy (non-hydrogen) atoms. The van der Waals surface area contributed by atoms with Crippen molar-refractivity contribution in [3.8, 4) is 5.75 Å². The summed E-state index contributed by atoms with van der Waals surface area (Å²) in [6.45, 7) is 0. The summed E-state index contributed by atoms with van der Waals surface area (Å²) in [5.41, 5.74) is 1.08. The fourth-order valence-corrected chi connectivity index (χ4v) is 6.23. The third-order valence-corrected chi connectivity index (χ3v) is 8.40. The van der Waals surface area contributed by atoms with E-state index in [1.54, 1.807) is 18.2 Å². The highest BCUT2D eigenvalue weighted by molar-refractivity contribution is 7.92. The van der Waals surface area contributed by atoms with Crippen LogP contribution in [0.4, 0.5) is 14.5 Å². The van der Waals surface area contributed by atoms with Crippen molar-refractivity contribution < 1.29 is 26.7 Å². The third-order valence-electron chi connectivity index (χ3n) is 7.00. The molecule has 2 aromatic carbocycles. The highest BCUT2D eigenvalue weighted by Gasteiger charge is 2.38. The van der Waals surface area contributed by atoms with Crippen LogP contribution >= 0.6 is 0 Å². The van der Waals surface area contributed by atoms with Gasteiger partial charge in [-0.2, -0.15) is 0 Å². The molecule has 1 atom stereocenters. The maximum absolute atomic E-state index is 14.2. The third kappa shape index (κ3) is 4.76. The number of aromatic hydroxyl groups is 1. The number of rotatable bonds is 6. The molecule has 0 amide bonds. The van der Waals surface area contributed by atoms with E-state index in [0.29, 0.717) is 29.7 Å². The molecule has 0 spiro atoms. The predicted molar refractivity (Wildman–Crippen MR) is 131 cm³/mol. The van der Waals surface area contributed by atoms with Crippen molar-refractivity contribution in [3.63, 3.8) is 0 Å². The number of halogens is 2. The summed E-state index contributed by atoms with van der Waals surface area (Å²) in [7, 11) is -4.41. The minimum absolute atomic E-state index is 0.0205. The summed E-state index contributed by atoms with van der Waals surface area (Å²) in [5.74, 6) is -2.57. The first-order valence-electron chi connectivity index (χ1n) is 12.2. The summed E-state index contributed by atoms with van der Waals surface area (Å²) in [5, 5.41) is 11.3. The largest absolute Gasteiger partial charge is 0.507 e. The van der Waals surface area contributed by atoms with Crippen molar-refractivity contribution in [1.82, 2.24) is 0 Å². The Labute approximate surface area is 208 Å². The van der Waals surface area contributed by atoms with Crippen LogP contribution < -0.4 is 10.3 Å². The topological polar surface area (TPSA) is 96.6 Å². The zero-order valence-corrected chi connectivity index (χ0v) is 20.4. The number of hydrogen-bond donors (Lipinski definition) is 2. The van der Waals surface area contributed by atoms with Crippen molar-refractivity contribution in [2.75, 3.05) is 4.72 Å². The van der Waals surface area contributed by atoms with E-state index in [1.807, 2.05) is 0 Å². The molecule has 190 valence electrons. The Morgan fingerprint density at radius 3 is 2.47 bits per heavy atom. The molecule has 6 nitrogen and oxygen atoms in total. The molecule has 1 unspecified atom stereocenters. The van der Waals surface area contributed by atoms with Gasteiger partial charge in [-0.25, -0.2) is 22.0 Å². The van der Waals surface area contributed by atoms with E-state index in [1.165, 1.54) is 6.07 Å². The minimum Gasteiger partial charge on any atom is -0.507 e. The second-order valence-corrected chi connectivity index (χ2v) is 11.2. The Hall–Kier alpha value is -3.20. The Morgan fingerprint density at radius 1 is 1.00 bits per heavy atom. The molecule has 1 saturated carbocycles. The summed E-state index contributed by atoms with van der Waals surface area (Å²) in [6, 6.07) is 9.39. The number of benzene rings is 2. The fraction of sp³-hybridized carbons (Fsp3) is 0.370. The van der Waals surface area contributed by atoms with Gasteiger partial charge in [0.05, 0.1) is 5.56 Å². The van der Waals surface area contributed by atoms with Gasteiger partial charge in [0.1, 0.15) is 16.4 Å². The van der Waals surface area contributed by atoms with Crippen LogP contribution in [0.25, 0.3) is 0 Å². The van der Waals surface area contributed by atoms with E-state index in [4.69, 9.17) is 4.42 Å². The highest BCUT2D eigenvalue weighted by atomic mass is 32.2. The van der Waals surface area contributed by atoms with E-state index in [0.717, 1.165) is 56.7 Å². The van der Waals surface area contributed by atoms with Crippen molar-refractivity contribution >= 4 is 15.7 Å². The van der Waals surface area contributed by atoms with Crippen LogP contribution in [-0.4, -0.2) is 13.5 Å². The fourth-order valence-electron chi connectivity index (χ4n) is 5.10. The van der Waals surface area contributed by atoms with E-state index in [9.17, 15) is 27.1 Å². The van der Waals surface area contributed by atoms with Gasteiger partial charge in [0.25, 0.3) is 10.0 Å². The first-order chi connectivity index (χ1) is 17.3. The lowest BCUT2D eigenvalue weighted by Gasteiger charge is -2.22. The summed E-state index contributed by atoms with van der Waals surface area (Å²) >= 11 is 0. The van der Waals surface area contributed by atoms with Crippen LogP contribution in [-0.2, 0) is 22.9 Å². The molecule has 9 heteroatoms. The molecule has 5 rings (SSSR count). The molecule has 2 aliphatic rings. The van der Waals surface area contributed by atoms with Gasteiger partial charge in [-0.3, -0.25) is 4.72 Å². The van der Waals surface area contributed by atoms with E-state index in [-0.39, 0.29) is 22.9 Å². The molecule has 1 heterocycles. The average molecular weight is 516 g/mol. The van der Waals surface area contributed by atoms with Gasteiger partial charge < -0.3 is 9.52 Å². The molecule has 1 fully saturated rings. The molecule has 2 N–H and O–H groups in total. The number of hydrogen-bond acceptors (Lipinski definition) is 5. The van der Waals surface area contributed by atoms with Crippen molar-refractivity contribution in [3.05, 3.63) is 87.0 Å². The van der Waals surface area contributed by atoms with Gasteiger partial charge in [0, 0.05) is 23.6 Å². The summed E-state index contributed by atoms with van der Waals surface area (Å²) in [6.07, 6.45) is 6.85. The number of fused-ring (bicyclic) bond motifs is 1. The van der Waals surface area contributed by atoms with Crippen LogP contribution in [0.15, 0.2) is 56.6 Å². The second kappa shape index (κ2) is 9.69. The number of aryl methyl sites for hydroxylation is 1. The molecule has 1 aromatic heterocycles.